The summed E-state index contributed by atoms with van der Waals surface area (Å²) in [7, 11) is 0. The number of hydrogen-bond acceptors (Lipinski definition) is 5. The molecule has 0 amide bonds. The molecule has 2 heterocycles. The van der Waals surface area contributed by atoms with Crippen LogP contribution >= 0.6 is 0 Å². The highest BCUT2D eigenvalue weighted by Gasteiger charge is 2.22. The Morgan fingerprint density at radius 1 is 1.33 bits per heavy atom. The number of hydrogen-bond donors (Lipinski definition) is 1. The minimum Gasteiger partial charge on any atom is -0.493 e. The summed E-state index contributed by atoms with van der Waals surface area (Å²) >= 11 is 0. The number of benzene rings is 1. The average Bonchev–Trinajstić information content (AvgIpc) is 2.95. The molecule has 2 aliphatic rings. The molecule has 1 saturated heterocycles. The highest BCUT2D eigenvalue weighted by atomic mass is 16.6. The van der Waals surface area contributed by atoms with Crippen LogP contribution in [0.2, 0.25) is 0 Å². The lowest BCUT2D eigenvalue weighted by molar-refractivity contribution is 0.0788. The van der Waals surface area contributed by atoms with Crippen LogP contribution in [-0.2, 0) is 22.6 Å². The van der Waals surface area contributed by atoms with Gasteiger partial charge in [-0.3, -0.25) is 0 Å². The topological polar surface area (TPSA) is 75.3 Å². The fourth-order valence-electron chi connectivity index (χ4n) is 3.13. The maximum absolute atomic E-state index is 6.03. The molecular weight excluding hydrogens is 308 g/mol. The smallest absolute Gasteiger partial charge is 0.146 e. The van der Waals surface area contributed by atoms with E-state index in [1.807, 2.05) is 19.1 Å². The van der Waals surface area contributed by atoms with Gasteiger partial charge in [0.05, 0.1) is 6.61 Å². The van der Waals surface area contributed by atoms with E-state index in [9.17, 15) is 0 Å². The first-order valence-corrected chi connectivity index (χ1v) is 8.65. The van der Waals surface area contributed by atoms with Crippen molar-refractivity contribution >= 4 is 5.84 Å². The van der Waals surface area contributed by atoms with Gasteiger partial charge in [0.2, 0.25) is 0 Å². The summed E-state index contributed by atoms with van der Waals surface area (Å²) in [5.41, 5.74) is 8.14. The summed E-state index contributed by atoms with van der Waals surface area (Å²) in [6, 6.07) is 4.04. The zero-order chi connectivity index (χ0) is 16.9. The SMILES string of the molecule is CCOc1cc2c(cc1CO/N=C(/N)C1CCOCC1)OC(C)C2. The monoisotopic (exact) mass is 334 g/mol. The number of nitrogens with two attached hydrogens (primary N) is 1. The Morgan fingerprint density at radius 3 is 2.88 bits per heavy atom. The van der Waals surface area contributed by atoms with Crippen LogP contribution < -0.4 is 15.2 Å². The van der Waals surface area contributed by atoms with Crippen molar-refractivity contribution in [2.75, 3.05) is 19.8 Å². The number of oxime groups is 1. The van der Waals surface area contributed by atoms with E-state index in [0.29, 0.717) is 19.0 Å². The summed E-state index contributed by atoms with van der Waals surface area (Å²) in [4.78, 5) is 5.49. The Kier molecular flexibility index (Phi) is 5.45. The zero-order valence-corrected chi connectivity index (χ0v) is 14.4. The highest BCUT2D eigenvalue weighted by Crippen LogP contribution is 2.35. The van der Waals surface area contributed by atoms with Crippen molar-refractivity contribution in [1.82, 2.24) is 0 Å². The molecule has 0 aromatic heterocycles. The second kappa shape index (κ2) is 7.75. The molecule has 6 nitrogen and oxygen atoms in total. The third-order valence-corrected chi connectivity index (χ3v) is 4.41. The van der Waals surface area contributed by atoms with Crippen molar-refractivity contribution in [2.45, 2.75) is 45.8 Å². The Bertz CT molecular complexity index is 597. The number of ether oxygens (including phenoxy) is 3. The maximum Gasteiger partial charge on any atom is 0.146 e. The lowest BCUT2D eigenvalue weighted by Gasteiger charge is -2.20. The molecule has 0 saturated carbocycles. The molecule has 6 heteroatoms. The van der Waals surface area contributed by atoms with E-state index in [1.165, 1.54) is 5.56 Å². The van der Waals surface area contributed by atoms with Gasteiger partial charge in [0.25, 0.3) is 0 Å². The number of amidine groups is 1. The van der Waals surface area contributed by atoms with Gasteiger partial charge in [-0.05, 0) is 38.8 Å². The molecule has 3 rings (SSSR count). The van der Waals surface area contributed by atoms with E-state index in [0.717, 1.165) is 49.5 Å². The molecule has 2 aliphatic heterocycles. The van der Waals surface area contributed by atoms with Crippen LogP contribution in [0.5, 0.6) is 11.5 Å². The molecule has 1 unspecified atom stereocenters. The minimum atomic E-state index is 0.202. The number of fused-ring (bicyclic) bond motifs is 1. The normalized spacial score (nSPS) is 21.2. The van der Waals surface area contributed by atoms with Gasteiger partial charge in [0.15, 0.2) is 0 Å². The Hall–Kier alpha value is -1.95. The van der Waals surface area contributed by atoms with Crippen molar-refractivity contribution in [1.29, 1.82) is 0 Å². The first-order chi connectivity index (χ1) is 11.7. The van der Waals surface area contributed by atoms with Crippen molar-refractivity contribution in [3.63, 3.8) is 0 Å². The van der Waals surface area contributed by atoms with Gasteiger partial charge in [-0.1, -0.05) is 5.16 Å². The number of nitrogens with zero attached hydrogens (tertiary/aromatic N) is 1. The van der Waals surface area contributed by atoms with Crippen molar-refractivity contribution in [3.8, 4) is 11.5 Å². The predicted molar refractivity (Wildman–Crippen MR) is 91.4 cm³/mol. The number of rotatable bonds is 6. The molecule has 2 N–H and O–H groups in total. The average molecular weight is 334 g/mol. The first-order valence-electron chi connectivity index (χ1n) is 8.65. The van der Waals surface area contributed by atoms with Crippen LogP contribution in [-0.4, -0.2) is 31.8 Å². The summed E-state index contributed by atoms with van der Waals surface area (Å²) < 4.78 is 16.9. The zero-order valence-electron chi connectivity index (χ0n) is 14.4. The van der Waals surface area contributed by atoms with Crippen LogP contribution in [0, 0.1) is 5.92 Å². The van der Waals surface area contributed by atoms with E-state index < -0.39 is 0 Å². The van der Waals surface area contributed by atoms with Gasteiger partial charge in [-0.15, -0.1) is 0 Å². The lowest BCUT2D eigenvalue weighted by Crippen LogP contribution is -2.29. The molecule has 0 spiro atoms. The van der Waals surface area contributed by atoms with E-state index in [-0.39, 0.29) is 12.0 Å². The third-order valence-electron chi connectivity index (χ3n) is 4.41. The highest BCUT2D eigenvalue weighted by molar-refractivity contribution is 5.82. The summed E-state index contributed by atoms with van der Waals surface area (Å²) in [6.45, 7) is 6.42. The van der Waals surface area contributed by atoms with E-state index in [1.54, 1.807) is 0 Å². The van der Waals surface area contributed by atoms with Gasteiger partial charge < -0.3 is 24.8 Å². The fourth-order valence-corrected chi connectivity index (χ4v) is 3.13. The van der Waals surface area contributed by atoms with E-state index >= 15 is 0 Å². The summed E-state index contributed by atoms with van der Waals surface area (Å²) in [5.74, 6) is 2.52. The second-order valence-corrected chi connectivity index (χ2v) is 6.31. The standard InChI is InChI=1S/C18H26N2O4/c1-3-22-16-9-14-8-12(2)24-17(14)10-15(16)11-23-20-18(19)13-4-6-21-7-5-13/h9-10,12-13H,3-8,11H2,1-2H3,(H2,19,20). The van der Waals surface area contributed by atoms with Gasteiger partial charge in [0, 0.05) is 36.7 Å². The molecule has 0 radical (unpaired) electrons. The van der Waals surface area contributed by atoms with E-state index in [4.69, 9.17) is 24.8 Å². The quantitative estimate of drug-likeness (QED) is 0.492. The van der Waals surface area contributed by atoms with Crippen molar-refractivity contribution in [2.24, 2.45) is 16.8 Å². The van der Waals surface area contributed by atoms with Crippen LogP contribution in [0.1, 0.15) is 37.8 Å². The molecular formula is C18H26N2O4. The summed E-state index contributed by atoms with van der Waals surface area (Å²) in [5, 5.41) is 4.10. The second-order valence-electron chi connectivity index (χ2n) is 6.31. The molecule has 1 fully saturated rings. The van der Waals surface area contributed by atoms with Crippen molar-refractivity contribution in [3.05, 3.63) is 23.3 Å². The van der Waals surface area contributed by atoms with E-state index in [2.05, 4.69) is 12.1 Å². The molecule has 0 aliphatic carbocycles. The van der Waals surface area contributed by atoms with Gasteiger partial charge >= 0.3 is 0 Å². The predicted octanol–water partition coefficient (Wildman–Crippen LogP) is 2.62. The maximum atomic E-state index is 6.03. The molecule has 1 aromatic carbocycles. The van der Waals surface area contributed by atoms with Crippen LogP contribution in [0.4, 0.5) is 0 Å². The van der Waals surface area contributed by atoms with Gasteiger partial charge in [-0.2, -0.15) is 0 Å². The minimum absolute atomic E-state index is 0.202. The molecule has 132 valence electrons. The lowest BCUT2D eigenvalue weighted by atomic mass is 10.00. The third kappa shape index (κ3) is 3.93. The van der Waals surface area contributed by atoms with Gasteiger partial charge in [0.1, 0.15) is 30.0 Å². The fraction of sp³-hybridized carbons (Fsp3) is 0.611. The first kappa shape index (κ1) is 16.9. The Morgan fingerprint density at radius 2 is 2.12 bits per heavy atom. The van der Waals surface area contributed by atoms with Gasteiger partial charge in [-0.25, -0.2) is 0 Å². The largest absolute Gasteiger partial charge is 0.493 e. The molecule has 1 atom stereocenters. The Labute approximate surface area is 142 Å². The Balaban J connectivity index is 1.66. The summed E-state index contributed by atoms with van der Waals surface area (Å²) in [6.07, 6.45) is 2.90. The molecule has 1 aromatic rings. The van der Waals surface area contributed by atoms with Crippen LogP contribution in [0.15, 0.2) is 17.3 Å². The molecule has 0 bridgehead atoms. The van der Waals surface area contributed by atoms with Crippen molar-refractivity contribution < 1.29 is 19.0 Å². The van der Waals surface area contributed by atoms with Crippen LogP contribution in [0.25, 0.3) is 0 Å². The molecule has 24 heavy (non-hydrogen) atoms. The van der Waals surface area contributed by atoms with Crippen LogP contribution in [0.3, 0.4) is 0 Å².